The second-order valence-corrected chi connectivity index (χ2v) is 5.84. The quantitative estimate of drug-likeness (QED) is 0.674. The van der Waals surface area contributed by atoms with Crippen molar-refractivity contribution in [3.8, 4) is 0 Å². The molecule has 0 aliphatic heterocycles. The number of hydrogen-bond donors (Lipinski definition) is 1. The summed E-state index contributed by atoms with van der Waals surface area (Å²) in [5.41, 5.74) is 1.50. The van der Waals surface area contributed by atoms with Crippen LogP contribution in [0.4, 0.5) is 5.88 Å². The van der Waals surface area contributed by atoms with Crippen molar-refractivity contribution in [2.75, 3.05) is 0 Å². The van der Waals surface area contributed by atoms with Gasteiger partial charge in [-0.1, -0.05) is 0 Å². The molecule has 0 amide bonds. The van der Waals surface area contributed by atoms with E-state index in [4.69, 9.17) is 4.42 Å². The van der Waals surface area contributed by atoms with E-state index >= 15 is 0 Å². The number of fused-ring (bicyclic) bond motifs is 1. The summed E-state index contributed by atoms with van der Waals surface area (Å²) < 4.78 is 5.09. The van der Waals surface area contributed by atoms with Crippen molar-refractivity contribution in [1.82, 2.24) is 5.32 Å². The molecule has 0 saturated carbocycles. The van der Waals surface area contributed by atoms with Gasteiger partial charge in [-0.2, -0.15) is 0 Å². The monoisotopic (exact) mass is 278 g/mol. The van der Waals surface area contributed by atoms with Crippen LogP contribution in [0.25, 0.3) is 0 Å². The molecule has 0 bridgehead atoms. The van der Waals surface area contributed by atoms with Gasteiger partial charge in [-0.05, 0) is 37.0 Å². The highest BCUT2D eigenvalue weighted by Gasteiger charge is 2.15. The van der Waals surface area contributed by atoms with Crippen molar-refractivity contribution < 1.29 is 9.34 Å². The van der Waals surface area contributed by atoms with Crippen LogP contribution >= 0.6 is 11.3 Å². The molecule has 0 atom stereocenters. The van der Waals surface area contributed by atoms with Gasteiger partial charge in [0, 0.05) is 16.3 Å². The van der Waals surface area contributed by atoms with Crippen molar-refractivity contribution in [3.63, 3.8) is 0 Å². The van der Waals surface area contributed by atoms with Gasteiger partial charge in [-0.15, -0.1) is 11.3 Å². The fraction of sp³-hybridized carbons (Fsp3) is 0.385. The highest BCUT2D eigenvalue weighted by atomic mass is 32.1. The first-order valence-corrected chi connectivity index (χ1v) is 7.08. The molecule has 3 rings (SSSR count). The molecule has 100 valence electrons. The van der Waals surface area contributed by atoms with Gasteiger partial charge < -0.3 is 9.73 Å². The number of nitro groups is 1. The minimum atomic E-state index is -0.521. The van der Waals surface area contributed by atoms with E-state index < -0.39 is 4.92 Å². The molecule has 1 aliphatic carbocycles. The maximum atomic E-state index is 10.5. The predicted molar refractivity (Wildman–Crippen MR) is 72.3 cm³/mol. The Morgan fingerprint density at radius 1 is 1.37 bits per heavy atom. The van der Waals surface area contributed by atoms with Crippen LogP contribution in [0.15, 0.2) is 22.6 Å². The standard InChI is InChI=1S/C13H14N2O3S/c16-15(17)13-5-4-10(18-13)7-14-8-11-6-9-2-1-3-12(9)19-11/h4-6,14H,1-3,7-8H2. The van der Waals surface area contributed by atoms with Crippen LogP contribution in [0.5, 0.6) is 0 Å². The molecule has 0 saturated heterocycles. The summed E-state index contributed by atoms with van der Waals surface area (Å²) in [6, 6.07) is 5.29. The largest absolute Gasteiger partial charge is 0.433 e. The van der Waals surface area contributed by atoms with E-state index in [2.05, 4.69) is 11.4 Å². The second kappa shape index (κ2) is 5.14. The van der Waals surface area contributed by atoms with E-state index in [1.165, 1.54) is 40.6 Å². The lowest BCUT2D eigenvalue weighted by molar-refractivity contribution is -0.402. The molecule has 2 heterocycles. The summed E-state index contributed by atoms with van der Waals surface area (Å²) >= 11 is 1.87. The molecule has 5 nitrogen and oxygen atoms in total. The average molecular weight is 278 g/mol. The minimum Gasteiger partial charge on any atom is -0.404 e. The summed E-state index contributed by atoms with van der Waals surface area (Å²) in [7, 11) is 0. The van der Waals surface area contributed by atoms with Crippen LogP contribution in [-0.2, 0) is 25.9 Å². The molecule has 0 spiro atoms. The average Bonchev–Trinajstić information content (AvgIpc) is 3.02. The zero-order valence-corrected chi connectivity index (χ0v) is 11.2. The molecule has 6 heteroatoms. The third-order valence-corrected chi connectivity index (χ3v) is 4.46. The number of hydrogen-bond acceptors (Lipinski definition) is 5. The van der Waals surface area contributed by atoms with Crippen LogP contribution in [0.1, 0.15) is 27.5 Å². The number of nitrogens with zero attached hydrogens (tertiary/aromatic N) is 1. The van der Waals surface area contributed by atoms with Crippen molar-refractivity contribution in [1.29, 1.82) is 0 Å². The van der Waals surface area contributed by atoms with Crippen LogP contribution in [0.2, 0.25) is 0 Å². The summed E-state index contributed by atoms with van der Waals surface area (Å²) in [5, 5.41) is 13.7. The number of nitrogens with one attached hydrogen (secondary N) is 1. The Morgan fingerprint density at radius 2 is 2.26 bits per heavy atom. The number of rotatable bonds is 5. The Labute approximate surface area is 114 Å². The normalized spacial score (nSPS) is 13.7. The lowest BCUT2D eigenvalue weighted by Crippen LogP contribution is -2.11. The fourth-order valence-electron chi connectivity index (χ4n) is 2.35. The van der Waals surface area contributed by atoms with Gasteiger partial charge in [0.1, 0.15) is 10.7 Å². The van der Waals surface area contributed by atoms with E-state index in [9.17, 15) is 10.1 Å². The van der Waals surface area contributed by atoms with Gasteiger partial charge in [0.05, 0.1) is 12.6 Å². The Bertz CT molecular complexity index is 581. The summed E-state index contributed by atoms with van der Waals surface area (Å²) in [6.45, 7) is 1.29. The summed E-state index contributed by atoms with van der Waals surface area (Å²) in [4.78, 5) is 12.8. The first kappa shape index (κ1) is 12.4. The van der Waals surface area contributed by atoms with E-state index in [0.717, 1.165) is 6.54 Å². The number of furan rings is 1. The van der Waals surface area contributed by atoms with E-state index in [0.29, 0.717) is 12.3 Å². The Morgan fingerprint density at radius 3 is 3.00 bits per heavy atom. The van der Waals surface area contributed by atoms with E-state index in [1.807, 2.05) is 11.3 Å². The maximum absolute atomic E-state index is 10.5. The molecule has 2 aromatic heterocycles. The fourth-order valence-corrected chi connectivity index (χ4v) is 3.58. The van der Waals surface area contributed by atoms with E-state index in [1.54, 1.807) is 6.07 Å². The molecule has 2 aromatic rings. The molecule has 0 radical (unpaired) electrons. The molecule has 1 N–H and O–H groups in total. The topological polar surface area (TPSA) is 68.3 Å². The van der Waals surface area contributed by atoms with Crippen molar-refractivity contribution in [2.24, 2.45) is 0 Å². The highest BCUT2D eigenvalue weighted by molar-refractivity contribution is 7.12. The number of thiophene rings is 1. The molecule has 19 heavy (non-hydrogen) atoms. The Balaban J connectivity index is 1.53. The predicted octanol–water partition coefficient (Wildman–Crippen LogP) is 3.03. The SMILES string of the molecule is O=[N+]([O-])c1ccc(CNCc2cc3c(s2)CCC3)o1. The van der Waals surface area contributed by atoms with Gasteiger partial charge >= 0.3 is 5.88 Å². The maximum Gasteiger partial charge on any atom is 0.433 e. The second-order valence-electron chi connectivity index (χ2n) is 4.62. The van der Waals surface area contributed by atoms with Crippen LogP contribution in [-0.4, -0.2) is 4.92 Å². The third-order valence-electron chi connectivity index (χ3n) is 3.22. The summed E-state index contributed by atoms with van der Waals surface area (Å²) in [6.07, 6.45) is 3.70. The molecule has 0 fully saturated rings. The smallest absolute Gasteiger partial charge is 0.404 e. The van der Waals surface area contributed by atoms with Gasteiger partial charge in [-0.3, -0.25) is 10.1 Å². The first-order valence-electron chi connectivity index (χ1n) is 6.26. The Kier molecular flexibility index (Phi) is 3.35. The zero-order chi connectivity index (χ0) is 13.2. The molecule has 0 aromatic carbocycles. The van der Waals surface area contributed by atoms with Gasteiger partial charge in [0.15, 0.2) is 0 Å². The van der Waals surface area contributed by atoms with Crippen molar-refractivity contribution >= 4 is 17.2 Å². The van der Waals surface area contributed by atoms with Gasteiger partial charge in [-0.25, -0.2) is 0 Å². The first-order chi connectivity index (χ1) is 9.22. The third kappa shape index (κ3) is 2.69. The van der Waals surface area contributed by atoms with Crippen LogP contribution in [0, 0.1) is 10.1 Å². The molecular weight excluding hydrogens is 264 g/mol. The van der Waals surface area contributed by atoms with Crippen molar-refractivity contribution in [3.05, 3.63) is 49.4 Å². The minimum absolute atomic E-state index is 0.202. The lowest BCUT2D eigenvalue weighted by Gasteiger charge is -1.99. The lowest BCUT2D eigenvalue weighted by atomic mass is 10.2. The highest BCUT2D eigenvalue weighted by Crippen LogP contribution is 2.30. The number of aryl methyl sites for hydroxylation is 2. The summed E-state index contributed by atoms with van der Waals surface area (Å²) in [5.74, 6) is 0.391. The Hall–Kier alpha value is -1.66. The van der Waals surface area contributed by atoms with Crippen LogP contribution in [0.3, 0.4) is 0 Å². The zero-order valence-electron chi connectivity index (χ0n) is 10.3. The van der Waals surface area contributed by atoms with E-state index in [-0.39, 0.29) is 5.88 Å². The molecule has 1 aliphatic rings. The van der Waals surface area contributed by atoms with Gasteiger partial charge in [0.25, 0.3) is 0 Å². The molecule has 0 unspecified atom stereocenters. The van der Waals surface area contributed by atoms with Gasteiger partial charge in [0.2, 0.25) is 0 Å². The van der Waals surface area contributed by atoms with Crippen molar-refractivity contribution in [2.45, 2.75) is 32.4 Å². The molecular formula is C13H14N2O3S. The van der Waals surface area contributed by atoms with Crippen LogP contribution < -0.4 is 5.32 Å².